The van der Waals surface area contributed by atoms with E-state index in [1.165, 1.54) is 6.07 Å². The van der Waals surface area contributed by atoms with Crippen molar-refractivity contribution >= 4 is 17.4 Å². The minimum Gasteiger partial charge on any atom is -0.550 e. The molecular formula is C9H8NO3-. The number of carboxylic acid groups (broad SMARTS) is 1. The summed E-state index contributed by atoms with van der Waals surface area (Å²) in [6, 6.07) is 6.33. The van der Waals surface area contributed by atoms with E-state index in [1.807, 2.05) is 0 Å². The Hall–Kier alpha value is -1.84. The van der Waals surface area contributed by atoms with Crippen LogP contribution in [0.2, 0.25) is 0 Å². The second-order valence-electron chi connectivity index (χ2n) is 2.56. The van der Waals surface area contributed by atoms with Gasteiger partial charge in [-0.25, -0.2) is 0 Å². The van der Waals surface area contributed by atoms with E-state index >= 15 is 0 Å². The molecule has 0 saturated heterocycles. The maximum Gasteiger partial charge on any atom is 0.170 e. The van der Waals surface area contributed by atoms with Crippen molar-refractivity contribution in [3.05, 3.63) is 29.8 Å². The lowest BCUT2D eigenvalue weighted by molar-refractivity contribution is -0.304. The molecule has 68 valence electrons. The topological polar surface area (TPSA) is 83.2 Å². The minimum absolute atomic E-state index is 0.228. The Morgan fingerprint density at radius 3 is 2.46 bits per heavy atom. The number of hydrogen-bond donors (Lipinski definition) is 1. The number of carbonyl (C=O) groups is 2. The average molecular weight is 178 g/mol. The molecule has 0 aliphatic carbocycles. The van der Waals surface area contributed by atoms with Crippen LogP contribution in [-0.2, 0) is 4.79 Å². The molecule has 1 aromatic carbocycles. The number of anilines is 1. The molecule has 0 atom stereocenters. The Bertz CT molecular complexity index is 346. The van der Waals surface area contributed by atoms with Crippen LogP contribution in [0, 0.1) is 0 Å². The second-order valence-corrected chi connectivity index (χ2v) is 2.56. The summed E-state index contributed by atoms with van der Waals surface area (Å²) in [5, 5.41) is 10.1. The fourth-order valence-corrected chi connectivity index (χ4v) is 0.977. The van der Waals surface area contributed by atoms with Gasteiger partial charge in [0.05, 0.1) is 6.42 Å². The van der Waals surface area contributed by atoms with E-state index in [0.717, 1.165) is 0 Å². The lowest BCUT2D eigenvalue weighted by Crippen LogP contribution is -2.25. The van der Waals surface area contributed by atoms with E-state index < -0.39 is 18.2 Å². The van der Waals surface area contributed by atoms with Crippen LogP contribution in [0.15, 0.2) is 24.3 Å². The third-order valence-electron chi connectivity index (χ3n) is 1.57. The largest absolute Gasteiger partial charge is 0.550 e. The van der Waals surface area contributed by atoms with Gasteiger partial charge in [0.2, 0.25) is 0 Å². The highest BCUT2D eigenvalue weighted by atomic mass is 16.4. The molecule has 0 radical (unpaired) electrons. The summed E-state index contributed by atoms with van der Waals surface area (Å²) in [6.07, 6.45) is -0.631. The van der Waals surface area contributed by atoms with Crippen LogP contribution in [0.4, 0.5) is 5.69 Å². The van der Waals surface area contributed by atoms with Gasteiger partial charge in [0, 0.05) is 17.2 Å². The number of hydrogen-bond acceptors (Lipinski definition) is 4. The van der Waals surface area contributed by atoms with Crippen LogP contribution < -0.4 is 10.8 Å². The Morgan fingerprint density at radius 1 is 1.31 bits per heavy atom. The van der Waals surface area contributed by atoms with Crippen LogP contribution in [0.5, 0.6) is 0 Å². The van der Waals surface area contributed by atoms with E-state index in [-0.39, 0.29) is 11.3 Å². The highest BCUT2D eigenvalue weighted by Gasteiger charge is 2.08. The predicted molar refractivity (Wildman–Crippen MR) is 44.8 cm³/mol. The molecule has 4 nitrogen and oxygen atoms in total. The van der Waals surface area contributed by atoms with Gasteiger partial charge in [-0.1, -0.05) is 12.1 Å². The van der Waals surface area contributed by atoms with Crippen molar-refractivity contribution < 1.29 is 14.7 Å². The van der Waals surface area contributed by atoms with Gasteiger partial charge in [0.1, 0.15) is 0 Å². The standard InChI is InChI=1S/C9H9NO3/c10-7-4-2-1-3-6(7)8(11)5-9(12)13/h1-4H,5,10H2,(H,12,13)/p-1. The zero-order valence-electron chi connectivity index (χ0n) is 6.82. The van der Waals surface area contributed by atoms with E-state index in [4.69, 9.17) is 5.73 Å². The smallest absolute Gasteiger partial charge is 0.170 e. The van der Waals surface area contributed by atoms with Crippen LogP contribution >= 0.6 is 0 Å². The first-order valence-electron chi connectivity index (χ1n) is 3.69. The van der Waals surface area contributed by atoms with Crippen molar-refractivity contribution in [2.75, 3.05) is 5.73 Å². The SMILES string of the molecule is Nc1ccccc1C(=O)CC(=O)[O-]. The molecule has 0 amide bonds. The minimum atomic E-state index is -1.40. The first-order valence-corrected chi connectivity index (χ1v) is 3.69. The van der Waals surface area contributed by atoms with Crippen molar-refractivity contribution in [1.82, 2.24) is 0 Å². The van der Waals surface area contributed by atoms with Crippen LogP contribution in [-0.4, -0.2) is 11.8 Å². The van der Waals surface area contributed by atoms with Crippen molar-refractivity contribution in [2.45, 2.75) is 6.42 Å². The first kappa shape index (κ1) is 9.25. The summed E-state index contributed by atoms with van der Waals surface area (Å²) in [4.78, 5) is 21.3. The number of carboxylic acids is 1. The van der Waals surface area contributed by atoms with Gasteiger partial charge >= 0.3 is 0 Å². The number of benzene rings is 1. The van der Waals surface area contributed by atoms with Gasteiger partial charge in [-0.05, 0) is 12.1 Å². The number of ketones is 1. The Labute approximate surface area is 75.0 Å². The average Bonchev–Trinajstić information content (AvgIpc) is 2.03. The fraction of sp³-hybridized carbons (Fsp3) is 0.111. The molecule has 0 spiro atoms. The van der Waals surface area contributed by atoms with Gasteiger partial charge in [-0.15, -0.1) is 0 Å². The van der Waals surface area contributed by atoms with Gasteiger partial charge in [0.25, 0.3) is 0 Å². The molecule has 0 bridgehead atoms. The Balaban J connectivity index is 2.89. The van der Waals surface area contributed by atoms with E-state index in [9.17, 15) is 14.7 Å². The lowest BCUT2D eigenvalue weighted by atomic mass is 10.1. The van der Waals surface area contributed by atoms with Crippen molar-refractivity contribution in [3.8, 4) is 0 Å². The zero-order chi connectivity index (χ0) is 9.84. The van der Waals surface area contributed by atoms with E-state index in [1.54, 1.807) is 18.2 Å². The molecule has 0 aromatic heterocycles. The predicted octanol–water partition coefficient (Wildman–Crippen LogP) is -0.409. The maximum absolute atomic E-state index is 11.2. The molecule has 0 aliphatic rings. The third-order valence-corrected chi connectivity index (χ3v) is 1.57. The highest BCUT2D eigenvalue weighted by molar-refractivity contribution is 6.08. The number of para-hydroxylation sites is 1. The summed E-state index contributed by atoms with van der Waals surface area (Å²) in [6.45, 7) is 0. The molecule has 0 aliphatic heterocycles. The van der Waals surface area contributed by atoms with E-state index in [2.05, 4.69) is 0 Å². The number of aliphatic carboxylic acids is 1. The van der Waals surface area contributed by atoms with Gasteiger partial charge in [-0.2, -0.15) is 0 Å². The molecule has 0 fully saturated rings. The summed E-state index contributed by atoms with van der Waals surface area (Å²) >= 11 is 0. The molecule has 4 heteroatoms. The molecular weight excluding hydrogens is 170 g/mol. The molecule has 13 heavy (non-hydrogen) atoms. The quantitative estimate of drug-likeness (QED) is 0.387. The molecule has 0 unspecified atom stereocenters. The summed E-state index contributed by atoms with van der Waals surface area (Å²) in [7, 11) is 0. The lowest BCUT2D eigenvalue weighted by Gasteiger charge is -2.04. The Kier molecular flexibility index (Phi) is 2.64. The zero-order valence-corrected chi connectivity index (χ0v) is 6.82. The maximum atomic E-state index is 11.2. The molecule has 0 heterocycles. The van der Waals surface area contributed by atoms with Crippen LogP contribution in [0.1, 0.15) is 16.8 Å². The first-order chi connectivity index (χ1) is 6.11. The van der Waals surface area contributed by atoms with Gasteiger partial charge in [-0.3, -0.25) is 4.79 Å². The number of nitrogens with two attached hydrogens (primary N) is 1. The Morgan fingerprint density at radius 2 is 1.92 bits per heavy atom. The van der Waals surface area contributed by atoms with Crippen LogP contribution in [0.25, 0.3) is 0 Å². The van der Waals surface area contributed by atoms with Gasteiger partial charge in [0.15, 0.2) is 5.78 Å². The summed E-state index contributed by atoms with van der Waals surface area (Å²) in [5.41, 5.74) is 5.98. The van der Waals surface area contributed by atoms with Crippen molar-refractivity contribution in [3.63, 3.8) is 0 Å². The number of carbonyl (C=O) groups excluding carboxylic acids is 2. The van der Waals surface area contributed by atoms with Crippen molar-refractivity contribution in [1.29, 1.82) is 0 Å². The van der Waals surface area contributed by atoms with Crippen molar-refractivity contribution in [2.24, 2.45) is 0 Å². The second kappa shape index (κ2) is 3.71. The van der Waals surface area contributed by atoms with E-state index in [0.29, 0.717) is 0 Å². The monoisotopic (exact) mass is 178 g/mol. The molecule has 1 aromatic rings. The van der Waals surface area contributed by atoms with Crippen LogP contribution in [0.3, 0.4) is 0 Å². The number of rotatable bonds is 3. The molecule has 2 N–H and O–H groups in total. The normalized spacial score (nSPS) is 9.54. The number of nitrogen functional groups attached to an aromatic ring is 1. The summed E-state index contributed by atoms with van der Waals surface area (Å²) < 4.78 is 0. The molecule has 1 rings (SSSR count). The third kappa shape index (κ3) is 2.30. The highest BCUT2D eigenvalue weighted by Crippen LogP contribution is 2.12. The number of Topliss-reactive ketones (excluding diaryl/α,β-unsaturated/α-hetero) is 1. The van der Waals surface area contributed by atoms with Gasteiger partial charge < -0.3 is 15.6 Å². The summed E-state index contributed by atoms with van der Waals surface area (Å²) in [5.74, 6) is -1.92. The fourth-order valence-electron chi connectivity index (χ4n) is 0.977. The molecule has 0 saturated carbocycles.